The van der Waals surface area contributed by atoms with Crippen LogP contribution in [-0.4, -0.2) is 46.8 Å². The minimum absolute atomic E-state index is 0.0358. The second-order valence-corrected chi connectivity index (χ2v) is 6.26. The van der Waals surface area contributed by atoms with Crippen molar-refractivity contribution >= 4 is 23.0 Å². The largest absolute Gasteiger partial charge is 0.368 e. The van der Waals surface area contributed by atoms with E-state index >= 15 is 0 Å². The first kappa shape index (κ1) is 18.3. The average molecular weight is 370 g/mol. The van der Waals surface area contributed by atoms with Gasteiger partial charge in [0, 0.05) is 61.2 Å². The monoisotopic (exact) mass is 370 g/mol. The molecule has 0 unspecified atom stereocenters. The van der Waals surface area contributed by atoms with E-state index in [1.165, 1.54) is 24.3 Å². The summed E-state index contributed by atoms with van der Waals surface area (Å²) in [6.07, 6.45) is 0. The van der Waals surface area contributed by atoms with Crippen molar-refractivity contribution in [1.82, 2.24) is 4.90 Å². The van der Waals surface area contributed by atoms with E-state index in [2.05, 4.69) is 0 Å². The Kier molecular flexibility index (Phi) is 5.02. The van der Waals surface area contributed by atoms with Gasteiger partial charge in [-0.05, 0) is 25.1 Å². The molecule has 1 aliphatic rings. The lowest BCUT2D eigenvalue weighted by atomic mass is 10.1. The molecule has 9 nitrogen and oxygen atoms in total. The lowest BCUT2D eigenvalue weighted by Gasteiger charge is -2.36. The summed E-state index contributed by atoms with van der Waals surface area (Å²) in [4.78, 5) is 37.4. The zero-order valence-corrected chi connectivity index (χ0v) is 14.7. The molecule has 0 bridgehead atoms. The Bertz CT molecular complexity index is 889. The highest BCUT2D eigenvalue weighted by Crippen LogP contribution is 2.24. The van der Waals surface area contributed by atoms with Crippen LogP contribution in [-0.2, 0) is 0 Å². The number of nitrogens with zero attached hydrogens (tertiary/aromatic N) is 4. The highest BCUT2D eigenvalue weighted by Gasteiger charge is 2.26. The van der Waals surface area contributed by atoms with Crippen LogP contribution in [0, 0.1) is 27.2 Å². The third-order valence-electron chi connectivity index (χ3n) is 4.72. The molecular formula is C18H18N4O5. The average Bonchev–Trinajstić information content (AvgIpc) is 2.67. The zero-order chi connectivity index (χ0) is 19.6. The number of carbonyl (C=O) groups excluding carboxylic acids is 1. The number of nitro groups is 2. The fraction of sp³-hybridized carbons (Fsp3) is 0.278. The number of amides is 1. The van der Waals surface area contributed by atoms with Crippen LogP contribution in [0.4, 0.5) is 17.1 Å². The van der Waals surface area contributed by atoms with Gasteiger partial charge < -0.3 is 9.80 Å². The summed E-state index contributed by atoms with van der Waals surface area (Å²) >= 11 is 0. The minimum Gasteiger partial charge on any atom is -0.368 e. The lowest BCUT2D eigenvalue weighted by molar-refractivity contribution is -0.385. The summed E-state index contributed by atoms with van der Waals surface area (Å²) in [7, 11) is 0. The van der Waals surface area contributed by atoms with Crippen molar-refractivity contribution in [2.75, 3.05) is 31.1 Å². The smallest absolute Gasteiger partial charge is 0.273 e. The number of non-ortho nitro benzene ring substituents is 1. The summed E-state index contributed by atoms with van der Waals surface area (Å²) in [6, 6.07) is 10.8. The third-order valence-corrected chi connectivity index (χ3v) is 4.72. The van der Waals surface area contributed by atoms with Crippen molar-refractivity contribution in [1.29, 1.82) is 0 Å². The zero-order valence-electron chi connectivity index (χ0n) is 14.7. The van der Waals surface area contributed by atoms with Crippen molar-refractivity contribution < 1.29 is 14.6 Å². The summed E-state index contributed by atoms with van der Waals surface area (Å²) in [5.41, 5.74) is 1.54. The standard InChI is InChI=1S/C18H18N4O5/c1-13-16(3-2-4-17(13)22(26)27)18(23)20-11-9-19(10-12-20)14-5-7-15(8-6-14)21(24)25/h2-8H,9-12H2,1H3. The molecule has 9 heteroatoms. The fourth-order valence-corrected chi connectivity index (χ4v) is 3.18. The highest BCUT2D eigenvalue weighted by molar-refractivity contribution is 5.96. The molecule has 0 saturated carbocycles. The Balaban J connectivity index is 1.69. The van der Waals surface area contributed by atoms with Crippen LogP contribution in [0.25, 0.3) is 0 Å². The highest BCUT2D eigenvalue weighted by atomic mass is 16.6. The number of hydrogen-bond acceptors (Lipinski definition) is 6. The molecule has 2 aromatic carbocycles. The molecule has 0 N–H and O–H groups in total. The van der Waals surface area contributed by atoms with Gasteiger partial charge in [0.05, 0.1) is 9.85 Å². The molecule has 1 amide bonds. The fourth-order valence-electron chi connectivity index (χ4n) is 3.18. The maximum atomic E-state index is 12.8. The second-order valence-electron chi connectivity index (χ2n) is 6.26. The lowest BCUT2D eigenvalue weighted by Crippen LogP contribution is -2.49. The van der Waals surface area contributed by atoms with Crippen LogP contribution in [0.15, 0.2) is 42.5 Å². The van der Waals surface area contributed by atoms with Gasteiger partial charge in [-0.1, -0.05) is 6.07 Å². The van der Waals surface area contributed by atoms with Gasteiger partial charge in [-0.25, -0.2) is 0 Å². The van der Waals surface area contributed by atoms with E-state index in [-0.39, 0.29) is 17.3 Å². The van der Waals surface area contributed by atoms with E-state index in [0.29, 0.717) is 37.3 Å². The molecule has 3 rings (SSSR count). The van der Waals surface area contributed by atoms with Crippen LogP contribution in [0.3, 0.4) is 0 Å². The Morgan fingerprint density at radius 2 is 1.56 bits per heavy atom. The van der Waals surface area contributed by atoms with E-state index in [0.717, 1.165) is 5.69 Å². The van der Waals surface area contributed by atoms with Crippen LogP contribution in [0.2, 0.25) is 0 Å². The number of benzene rings is 2. The Morgan fingerprint density at radius 3 is 2.11 bits per heavy atom. The van der Waals surface area contributed by atoms with Crippen LogP contribution in [0.5, 0.6) is 0 Å². The molecule has 140 valence electrons. The van der Waals surface area contributed by atoms with Gasteiger partial charge in [0.1, 0.15) is 0 Å². The first-order valence-electron chi connectivity index (χ1n) is 8.41. The normalized spacial score (nSPS) is 14.1. The molecule has 1 fully saturated rings. The first-order valence-corrected chi connectivity index (χ1v) is 8.41. The van der Waals surface area contributed by atoms with Gasteiger partial charge in [0.2, 0.25) is 0 Å². The van der Waals surface area contributed by atoms with Crippen molar-refractivity contribution in [3.8, 4) is 0 Å². The number of piperazine rings is 1. The molecule has 0 radical (unpaired) electrons. The Labute approximate surface area is 155 Å². The molecule has 1 heterocycles. The molecule has 1 aliphatic heterocycles. The summed E-state index contributed by atoms with van der Waals surface area (Å²) in [6.45, 7) is 3.68. The van der Waals surface area contributed by atoms with E-state index in [1.54, 1.807) is 30.0 Å². The van der Waals surface area contributed by atoms with Crippen LogP contribution >= 0.6 is 0 Å². The number of hydrogen-bond donors (Lipinski definition) is 0. The predicted octanol–water partition coefficient (Wildman–Crippen LogP) is 2.77. The number of anilines is 1. The quantitative estimate of drug-likeness (QED) is 0.604. The number of rotatable bonds is 4. The summed E-state index contributed by atoms with van der Waals surface area (Å²) < 4.78 is 0. The summed E-state index contributed by atoms with van der Waals surface area (Å²) in [5, 5.41) is 21.8. The Morgan fingerprint density at radius 1 is 0.926 bits per heavy atom. The van der Waals surface area contributed by atoms with Crippen molar-refractivity contribution in [2.45, 2.75) is 6.92 Å². The number of carbonyl (C=O) groups is 1. The van der Waals surface area contributed by atoms with Gasteiger partial charge in [-0.15, -0.1) is 0 Å². The van der Waals surface area contributed by atoms with Gasteiger partial charge >= 0.3 is 0 Å². The topological polar surface area (TPSA) is 110 Å². The van der Waals surface area contributed by atoms with Crippen LogP contribution in [0.1, 0.15) is 15.9 Å². The maximum Gasteiger partial charge on any atom is 0.273 e. The molecule has 27 heavy (non-hydrogen) atoms. The molecule has 0 spiro atoms. The van der Waals surface area contributed by atoms with Crippen molar-refractivity contribution in [3.05, 3.63) is 73.8 Å². The number of nitro benzene ring substituents is 2. The Hall–Kier alpha value is -3.49. The van der Waals surface area contributed by atoms with E-state index in [9.17, 15) is 25.0 Å². The van der Waals surface area contributed by atoms with Crippen LogP contribution < -0.4 is 4.90 Å². The molecule has 0 aliphatic carbocycles. The third kappa shape index (κ3) is 3.71. The molecule has 0 aromatic heterocycles. The molecule has 2 aromatic rings. The first-order chi connectivity index (χ1) is 12.9. The summed E-state index contributed by atoms with van der Waals surface area (Å²) in [5.74, 6) is -0.223. The van der Waals surface area contributed by atoms with Gasteiger partial charge in [0.15, 0.2) is 0 Å². The predicted molar refractivity (Wildman–Crippen MR) is 99.0 cm³/mol. The van der Waals surface area contributed by atoms with Gasteiger partial charge in [-0.2, -0.15) is 0 Å². The second kappa shape index (κ2) is 7.40. The SMILES string of the molecule is Cc1c(C(=O)N2CCN(c3ccc([N+](=O)[O-])cc3)CC2)cccc1[N+](=O)[O-]. The van der Waals surface area contributed by atoms with E-state index in [1.807, 2.05) is 4.90 Å². The van der Waals surface area contributed by atoms with E-state index < -0.39 is 9.85 Å². The van der Waals surface area contributed by atoms with E-state index in [4.69, 9.17) is 0 Å². The maximum absolute atomic E-state index is 12.8. The van der Waals surface area contributed by atoms with Gasteiger partial charge in [0.25, 0.3) is 17.3 Å². The van der Waals surface area contributed by atoms with Crippen molar-refractivity contribution in [2.24, 2.45) is 0 Å². The molecular weight excluding hydrogens is 352 g/mol. The van der Waals surface area contributed by atoms with Gasteiger partial charge in [-0.3, -0.25) is 25.0 Å². The minimum atomic E-state index is -0.487. The van der Waals surface area contributed by atoms with Crippen molar-refractivity contribution in [3.63, 3.8) is 0 Å². The molecule has 0 atom stereocenters. The molecule has 1 saturated heterocycles.